The molecule has 1 heterocycles. The minimum Gasteiger partial charge on any atom is -0.322 e. The van der Waals surface area contributed by atoms with Gasteiger partial charge in [0.15, 0.2) is 11.6 Å². The summed E-state index contributed by atoms with van der Waals surface area (Å²) < 4.78 is 26.2. The first-order valence-electron chi connectivity index (χ1n) is 8.79. The van der Waals surface area contributed by atoms with Crippen molar-refractivity contribution in [3.8, 4) is 0 Å². The maximum atomic E-state index is 13.3. The summed E-state index contributed by atoms with van der Waals surface area (Å²) in [5.74, 6) is -2.62. The van der Waals surface area contributed by atoms with Crippen LogP contribution in [-0.4, -0.2) is 18.4 Å². The van der Waals surface area contributed by atoms with E-state index in [1.165, 1.54) is 18.2 Å². The average molecular weight is 378 g/mol. The lowest BCUT2D eigenvalue weighted by molar-refractivity contribution is 0.0986. The Labute approximate surface area is 160 Å². The summed E-state index contributed by atoms with van der Waals surface area (Å²) in [6, 6.07) is 17.2. The summed E-state index contributed by atoms with van der Waals surface area (Å²) in [4.78, 5) is 26.8. The predicted molar refractivity (Wildman–Crippen MR) is 103 cm³/mol. The van der Waals surface area contributed by atoms with E-state index in [1.807, 2.05) is 24.3 Å². The Morgan fingerprint density at radius 3 is 2.32 bits per heavy atom. The lowest BCUT2D eigenvalue weighted by atomic mass is 10.1. The summed E-state index contributed by atoms with van der Waals surface area (Å²) in [6.07, 6.45) is 0.816. The fourth-order valence-electron chi connectivity index (χ4n) is 3.25. The van der Waals surface area contributed by atoms with Gasteiger partial charge < -0.3 is 10.2 Å². The Kier molecular flexibility index (Phi) is 4.61. The number of amides is 2. The number of hydrogen-bond donors (Lipinski definition) is 1. The maximum absolute atomic E-state index is 13.3. The van der Waals surface area contributed by atoms with Gasteiger partial charge in [-0.05, 0) is 54.4 Å². The molecular formula is C22H16F2N2O2. The molecule has 0 radical (unpaired) electrons. The zero-order chi connectivity index (χ0) is 19.7. The van der Waals surface area contributed by atoms with Gasteiger partial charge in [-0.3, -0.25) is 9.59 Å². The first kappa shape index (κ1) is 17.9. The van der Waals surface area contributed by atoms with E-state index in [-0.39, 0.29) is 11.6 Å². The van der Waals surface area contributed by atoms with Crippen LogP contribution >= 0.6 is 0 Å². The van der Waals surface area contributed by atoms with Gasteiger partial charge in [-0.25, -0.2) is 8.78 Å². The van der Waals surface area contributed by atoms with Gasteiger partial charge in [0, 0.05) is 35.1 Å². The molecule has 0 spiro atoms. The predicted octanol–water partition coefficient (Wildman–Crippen LogP) is 4.42. The molecule has 0 aromatic heterocycles. The minimum absolute atomic E-state index is 0.127. The second-order valence-electron chi connectivity index (χ2n) is 6.50. The third-order valence-electron chi connectivity index (χ3n) is 4.70. The van der Waals surface area contributed by atoms with Crippen molar-refractivity contribution in [3.05, 3.63) is 95.1 Å². The molecule has 4 nitrogen and oxygen atoms in total. The maximum Gasteiger partial charge on any atom is 0.258 e. The first-order valence-corrected chi connectivity index (χ1v) is 8.79. The highest BCUT2D eigenvalue weighted by atomic mass is 19.2. The van der Waals surface area contributed by atoms with Gasteiger partial charge >= 0.3 is 0 Å². The number of carbonyl (C=O) groups is 2. The van der Waals surface area contributed by atoms with Crippen LogP contribution in [0.2, 0.25) is 0 Å². The van der Waals surface area contributed by atoms with Crippen molar-refractivity contribution >= 4 is 23.2 Å². The van der Waals surface area contributed by atoms with Gasteiger partial charge in [0.25, 0.3) is 11.8 Å². The lowest BCUT2D eigenvalue weighted by Gasteiger charge is -2.17. The van der Waals surface area contributed by atoms with E-state index in [0.717, 1.165) is 29.8 Å². The van der Waals surface area contributed by atoms with Crippen molar-refractivity contribution in [2.45, 2.75) is 6.42 Å². The highest BCUT2D eigenvalue weighted by Crippen LogP contribution is 2.28. The van der Waals surface area contributed by atoms with Crippen molar-refractivity contribution < 1.29 is 18.4 Å². The highest BCUT2D eigenvalue weighted by molar-refractivity contribution is 6.09. The molecule has 0 saturated carbocycles. The number of rotatable bonds is 3. The molecule has 2 amide bonds. The van der Waals surface area contributed by atoms with E-state index < -0.39 is 17.5 Å². The van der Waals surface area contributed by atoms with Crippen LogP contribution < -0.4 is 10.2 Å². The highest BCUT2D eigenvalue weighted by Gasteiger charge is 2.25. The molecule has 4 rings (SSSR count). The van der Waals surface area contributed by atoms with Gasteiger partial charge in [0.05, 0.1) is 0 Å². The summed E-state index contributed by atoms with van der Waals surface area (Å²) in [7, 11) is 0. The van der Waals surface area contributed by atoms with Crippen LogP contribution in [0.4, 0.5) is 20.2 Å². The van der Waals surface area contributed by atoms with Gasteiger partial charge in [0.1, 0.15) is 0 Å². The SMILES string of the molecule is O=C(Nc1ccc(F)c(F)c1)c1ccc(C(=O)N2CCc3ccccc32)cc1. The number of nitrogens with one attached hydrogen (secondary N) is 1. The van der Waals surface area contributed by atoms with Crippen LogP contribution in [0.5, 0.6) is 0 Å². The molecule has 0 atom stereocenters. The Bertz CT molecular complexity index is 1060. The number of para-hydroxylation sites is 1. The summed E-state index contributed by atoms with van der Waals surface area (Å²) in [6.45, 7) is 0.622. The van der Waals surface area contributed by atoms with Crippen molar-refractivity contribution in [2.75, 3.05) is 16.8 Å². The van der Waals surface area contributed by atoms with E-state index in [9.17, 15) is 18.4 Å². The summed E-state index contributed by atoms with van der Waals surface area (Å²) in [5.41, 5.74) is 2.98. The molecule has 28 heavy (non-hydrogen) atoms. The van der Waals surface area contributed by atoms with Gasteiger partial charge in [0.2, 0.25) is 0 Å². The Hall–Kier alpha value is -3.54. The molecule has 140 valence electrons. The third kappa shape index (κ3) is 3.36. The molecule has 3 aromatic carbocycles. The topological polar surface area (TPSA) is 49.4 Å². The first-order chi connectivity index (χ1) is 13.5. The summed E-state index contributed by atoms with van der Waals surface area (Å²) >= 11 is 0. The molecule has 0 fully saturated rings. The molecule has 6 heteroatoms. The van der Waals surface area contributed by atoms with Crippen LogP contribution in [0.3, 0.4) is 0 Å². The molecule has 1 aliphatic rings. The standard InChI is InChI=1S/C22H16F2N2O2/c23-18-10-9-17(13-19(18)24)25-21(27)15-5-7-16(8-6-15)22(28)26-12-11-14-3-1-2-4-20(14)26/h1-10,13H,11-12H2,(H,25,27). The largest absolute Gasteiger partial charge is 0.322 e. The number of nitrogens with zero attached hydrogens (tertiary/aromatic N) is 1. The van der Waals surface area contributed by atoms with Crippen molar-refractivity contribution in [1.82, 2.24) is 0 Å². The van der Waals surface area contributed by atoms with Crippen LogP contribution in [0, 0.1) is 11.6 Å². The number of fused-ring (bicyclic) bond motifs is 1. The van der Waals surface area contributed by atoms with Crippen molar-refractivity contribution in [1.29, 1.82) is 0 Å². The molecule has 0 bridgehead atoms. The number of halogens is 2. The van der Waals surface area contributed by atoms with E-state index in [0.29, 0.717) is 17.7 Å². The monoisotopic (exact) mass is 378 g/mol. The van der Waals surface area contributed by atoms with Crippen LogP contribution in [0.15, 0.2) is 66.7 Å². The molecule has 3 aromatic rings. The quantitative estimate of drug-likeness (QED) is 0.734. The van der Waals surface area contributed by atoms with Gasteiger partial charge in [-0.2, -0.15) is 0 Å². The third-order valence-corrected chi connectivity index (χ3v) is 4.70. The molecule has 1 N–H and O–H groups in total. The Balaban J connectivity index is 1.48. The Morgan fingerprint density at radius 2 is 1.57 bits per heavy atom. The second kappa shape index (κ2) is 7.23. The molecule has 0 saturated heterocycles. The number of hydrogen-bond acceptors (Lipinski definition) is 2. The normalized spacial score (nSPS) is 12.6. The van der Waals surface area contributed by atoms with E-state index >= 15 is 0 Å². The van der Waals surface area contributed by atoms with Gasteiger partial charge in [-0.15, -0.1) is 0 Å². The van der Waals surface area contributed by atoms with Crippen molar-refractivity contribution in [3.63, 3.8) is 0 Å². The van der Waals surface area contributed by atoms with Crippen LogP contribution in [-0.2, 0) is 6.42 Å². The Morgan fingerprint density at radius 1 is 0.857 bits per heavy atom. The molecular weight excluding hydrogens is 362 g/mol. The zero-order valence-electron chi connectivity index (χ0n) is 14.8. The van der Waals surface area contributed by atoms with E-state index in [1.54, 1.807) is 17.0 Å². The summed E-state index contributed by atoms with van der Waals surface area (Å²) in [5, 5.41) is 2.50. The molecule has 0 aliphatic carbocycles. The minimum atomic E-state index is -1.04. The number of benzene rings is 3. The van der Waals surface area contributed by atoms with Crippen molar-refractivity contribution in [2.24, 2.45) is 0 Å². The molecule has 1 aliphatic heterocycles. The second-order valence-corrected chi connectivity index (χ2v) is 6.50. The van der Waals surface area contributed by atoms with Gasteiger partial charge in [-0.1, -0.05) is 18.2 Å². The van der Waals surface area contributed by atoms with Crippen LogP contribution in [0.25, 0.3) is 0 Å². The molecule has 0 unspecified atom stereocenters. The fraction of sp³-hybridized carbons (Fsp3) is 0.0909. The van der Waals surface area contributed by atoms with Crippen LogP contribution in [0.1, 0.15) is 26.3 Å². The smallest absolute Gasteiger partial charge is 0.258 e. The lowest BCUT2D eigenvalue weighted by Crippen LogP contribution is -2.28. The van der Waals surface area contributed by atoms with E-state index in [2.05, 4.69) is 5.32 Å². The number of anilines is 2. The van der Waals surface area contributed by atoms with E-state index in [4.69, 9.17) is 0 Å². The average Bonchev–Trinajstić information content (AvgIpc) is 3.14. The zero-order valence-corrected chi connectivity index (χ0v) is 14.8. The fourth-order valence-corrected chi connectivity index (χ4v) is 3.25. The number of carbonyl (C=O) groups excluding carboxylic acids is 2.